The molecule has 1 amide bonds. The number of hydrogen-bond acceptors (Lipinski definition) is 5. The highest BCUT2D eigenvalue weighted by Crippen LogP contribution is 2.16. The second kappa shape index (κ2) is 6.45. The molecule has 1 aliphatic heterocycles. The molecule has 1 aromatic heterocycles. The van der Waals surface area contributed by atoms with Gasteiger partial charge in [-0.05, 0) is 20.9 Å². The van der Waals surface area contributed by atoms with Crippen LogP contribution in [0.15, 0.2) is 5.51 Å². The van der Waals surface area contributed by atoms with Crippen molar-refractivity contribution in [3.63, 3.8) is 0 Å². The van der Waals surface area contributed by atoms with Gasteiger partial charge < -0.3 is 10.2 Å². The van der Waals surface area contributed by atoms with E-state index in [0.29, 0.717) is 0 Å². The van der Waals surface area contributed by atoms with Crippen LogP contribution < -0.4 is 5.32 Å². The zero-order valence-corrected chi connectivity index (χ0v) is 12.7. The molecule has 1 fully saturated rings. The predicted molar refractivity (Wildman–Crippen MR) is 77.2 cm³/mol. The van der Waals surface area contributed by atoms with E-state index in [0.717, 1.165) is 38.4 Å². The minimum absolute atomic E-state index is 0.0837. The zero-order valence-electron chi connectivity index (χ0n) is 11.8. The molecule has 106 valence electrons. The summed E-state index contributed by atoms with van der Waals surface area (Å²) < 4.78 is 0. The van der Waals surface area contributed by atoms with E-state index in [2.05, 4.69) is 15.2 Å². The molecule has 1 atom stereocenters. The van der Waals surface area contributed by atoms with Crippen LogP contribution in [0.1, 0.15) is 17.5 Å². The average Bonchev–Trinajstić information content (AvgIpc) is 2.83. The number of thiazole rings is 1. The van der Waals surface area contributed by atoms with Crippen LogP contribution >= 0.6 is 11.3 Å². The summed E-state index contributed by atoms with van der Waals surface area (Å²) in [5.74, 6) is 0.228. The quantitative estimate of drug-likeness (QED) is 0.883. The topological polar surface area (TPSA) is 48.5 Å². The number of hydrogen-bond donors (Lipinski definition) is 1. The molecular weight excluding hydrogens is 260 g/mol. The molecule has 0 aliphatic carbocycles. The number of nitrogens with one attached hydrogen (secondary N) is 1. The molecule has 2 heterocycles. The number of rotatable bonds is 4. The van der Waals surface area contributed by atoms with Gasteiger partial charge in [-0.25, -0.2) is 4.98 Å². The van der Waals surface area contributed by atoms with Gasteiger partial charge >= 0.3 is 0 Å². The summed E-state index contributed by atoms with van der Waals surface area (Å²) in [5, 5.41) is 3.27. The van der Waals surface area contributed by atoms with Crippen LogP contribution in [0.4, 0.5) is 0 Å². The van der Waals surface area contributed by atoms with Crippen molar-refractivity contribution in [1.29, 1.82) is 0 Å². The first-order chi connectivity index (χ1) is 9.09. The normalized spacial score (nSPS) is 17.8. The zero-order chi connectivity index (χ0) is 13.8. The maximum atomic E-state index is 12.4. The van der Waals surface area contributed by atoms with Crippen LogP contribution in [-0.4, -0.2) is 60.0 Å². The molecule has 1 saturated heterocycles. The van der Waals surface area contributed by atoms with Gasteiger partial charge in [0.25, 0.3) is 0 Å². The number of amides is 1. The molecule has 0 bridgehead atoms. The Kier molecular flexibility index (Phi) is 4.90. The van der Waals surface area contributed by atoms with E-state index >= 15 is 0 Å². The molecular formula is C13H22N4OS. The van der Waals surface area contributed by atoms with Crippen molar-refractivity contribution in [2.45, 2.75) is 26.4 Å². The third-order valence-electron chi connectivity index (χ3n) is 3.69. The lowest BCUT2D eigenvalue weighted by atomic mass is 10.2. The van der Waals surface area contributed by atoms with Crippen molar-refractivity contribution < 1.29 is 4.79 Å². The Balaban J connectivity index is 1.92. The minimum atomic E-state index is -0.0837. The van der Waals surface area contributed by atoms with Gasteiger partial charge in [-0.2, -0.15) is 0 Å². The van der Waals surface area contributed by atoms with E-state index < -0.39 is 0 Å². The van der Waals surface area contributed by atoms with Crippen LogP contribution in [0, 0.1) is 6.92 Å². The summed E-state index contributed by atoms with van der Waals surface area (Å²) >= 11 is 1.65. The molecule has 1 aliphatic rings. The Morgan fingerprint density at radius 3 is 2.84 bits per heavy atom. The molecule has 0 saturated carbocycles. The largest absolute Gasteiger partial charge is 0.339 e. The summed E-state index contributed by atoms with van der Waals surface area (Å²) in [4.78, 5) is 21.9. The van der Waals surface area contributed by atoms with Gasteiger partial charge in [-0.1, -0.05) is 0 Å². The van der Waals surface area contributed by atoms with Gasteiger partial charge in [-0.3, -0.25) is 9.69 Å². The number of carbonyl (C=O) groups excluding carboxylic acids is 1. The third kappa shape index (κ3) is 3.52. The third-order valence-corrected chi connectivity index (χ3v) is 4.60. The molecule has 1 N–H and O–H groups in total. The Morgan fingerprint density at radius 1 is 1.58 bits per heavy atom. The van der Waals surface area contributed by atoms with Crippen molar-refractivity contribution >= 4 is 17.2 Å². The van der Waals surface area contributed by atoms with Crippen LogP contribution in [0.5, 0.6) is 0 Å². The second-order valence-corrected chi connectivity index (χ2v) is 5.97. The number of carbonyl (C=O) groups is 1. The first-order valence-electron chi connectivity index (χ1n) is 6.68. The van der Waals surface area contributed by atoms with E-state index in [-0.39, 0.29) is 11.9 Å². The van der Waals surface area contributed by atoms with E-state index in [1.807, 2.05) is 31.3 Å². The van der Waals surface area contributed by atoms with Crippen LogP contribution in [-0.2, 0) is 11.3 Å². The van der Waals surface area contributed by atoms with Gasteiger partial charge in [0.2, 0.25) is 5.91 Å². The molecule has 0 aromatic carbocycles. The first kappa shape index (κ1) is 14.4. The number of aryl methyl sites for hydroxylation is 1. The van der Waals surface area contributed by atoms with Crippen LogP contribution in [0.3, 0.4) is 0 Å². The second-order valence-electron chi connectivity index (χ2n) is 5.03. The van der Waals surface area contributed by atoms with Crippen molar-refractivity contribution in [2.75, 3.05) is 33.2 Å². The SMILES string of the molecule is Cc1ncsc1CN(C)C(C)C(=O)N1CCNCC1. The van der Waals surface area contributed by atoms with Crippen LogP contribution in [0.25, 0.3) is 0 Å². The highest BCUT2D eigenvalue weighted by atomic mass is 32.1. The fourth-order valence-electron chi connectivity index (χ4n) is 2.18. The Hall–Kier alpha value is -0.980. The lowest BCUT2D eigenvalue weighted by Crippen LogP contribution is -2.52. The van der Waals surface area contributed by atoms with E-state index in [9.17, 15) is 4.79 Å². The monoisotopic (exact) mass is 282 g/mol. The fourth-order valence-corrected chi connectivity index (χ4v) is 3.02. The molecule has 2 rings (SSSR count). The van der Waals surface area contributed by atoms with Crippen LogP contribution in [0.2, 0.25) is 0 Å². The Morgan fingerprint density at radius 2 is 2.26 bits per heavy atom. The van der Waals surface area contributed by atoms with Gasteiger partial charge in [0.15, 0.2) is 0 Å². The summed E-state index contributed by atoms with van der Waals surface area (Å²) in [5.41, 5.74) is 2.93. The van der Waals surface area contributed by atoms with Crippen molar-refractivity contribution in [3.05, 3.63) is 16.1 Å². The van der Waals surface area contributed by atoms with Crippen molar-refractivity contribution in [1.82, 2.24) is 20.1 Å². The first-order valence-corrected chi connectivity index (χ1v) is 7.56. The molecule has 0 spiro atoms. The highest BCUT2D eigenvalue weighted by Gasteiger charge is 2.25. The smallest absolute Gasteiger partial charge is 0.239 e. The van der Waals surface area contributed by atoms with Crippen molar-refractivity contribution in [3.8, 4) is 0 Å². The number of likely N-dealkylation sites (N-methyl/N-ethyl adjacent to an activating group) is 1. The van der Waals surface area contributed by atoms with Gasteiger partial charge in [-0.15, -0.1) is 11.3 Å². The van der Waals surface area contributed by atoms with E-state index in [1.165, 1.54) is 4.88 Å². The predicted octanol–water partition coefficient (Wildman–Crippen LogP) is 0.704. The van der Waals surface area contributed by atoms with Crippen molar-refractivity contribution in [2.24, 2.45) is 0 Å². The lowest BCUT2D eigenvalue weighted by molar-refractivity contribution is -0.136. The minimum Gasteiger partial charge on any atom is -0.339 e. The van der Waals surface area contributed by atoms with Gasteiger partial charge in [0.05, 0.1) is 17.2 Å². The molecule has 0 radical (unpaired) electrons. The summed E-state index contributed by atoms with van der Waals surface area (Å²) in [6.07, 6.45) is 0. The molecule has 6 heteroatoms. The van der Waals surface area contributed by atoms with Gasteiger partial charge in [0, 0.05) is 37.6 Å². The van der Waals surface area contributed by atoms with E-state index in [1.54, 1.807) is 11.3 Å². The number of piperazine rings is 1. The summed E-state index contributed by atoms with van der Waals surface area (Å²) in [6.45, 7) is 8.22. The maximum absolute atomic E-state index is 12.4. The molecule has 19 heavy (non-hydrogen) atoms. The Bertz CT molecular complexity index is 428. The number of aromatic nitrogens is 1. The number of nitrogens with zero attached hydrogens (tertiary/aromatic N) is 3. The molecule has 5 nitrogen and oxygen atoms in total. The lowest BCUT2D eigenvalue weighted by Gasteiger charge is -2.33. The molecule has 1 aromatic rings. The van der Waals surface area contributed by atoms with E-state index in [4.69, 9.17) is 0 Å². The van der Waals surface area contributed by atoms with Gasteiger partial charge in [0.1, 0.15) is 0 Å². The standard InChI is InChI=1S/C13H22N4OS/c1-10-12(19-9-15-10)8-16(3)11(2)13(18)17-6-4-14-5-7-17/h9,11,14H,4-8H2,1-3H3. The molecule has 1 unspecified atom stereocenters. The fraction of sp³-hybridized carbons (Fsp3) is 0.692. The maximum Gasteiger partial charge on any atom is 0.239 e. The summed E-state index contributed by atoms with van der Waals surface area (Å²) in [6, 6.07) is -0.0837. The average molecular weight is 282 g/mol. The summed E-state index contributed by atoms with van der Waals surface area (Å²) in [7, 11) is 2.00. The Labute approximate surface area is 118 Å². The highest BCUT2D eigenvalue weighted by molar-refractivity contribution is 7.09.